The number of carbonyl (C=O) groups excluding carboxylic acids is 2. The second-order valence-corrected chi connectivity index (χ2v) is 4.82. The van der Waals surface area contributed by atoms with E-state index in [-0.39, 0.29) is 19.0 Å². The third-order valence-corrected chi connectivity index (χ3v) is 2.95. The molecular formula is C18H18O5. The van der Waals surface area contributed by atoms with Gasteiger partial charge in [-0.15, -0.1) is 0 Å². The highest BCUT2D eigenvalue weighted by molar-refractivity contribution is 5.90. The molecule has 0 aliphatic heterocycles. The first-order valence-corrected chi connectivity index (χ1v) is 7.26. The molecule has 0 atom stereocenters. The minimum Gasteiger partial charge on any atom is -0.482 e. The van der Waals surface area contributed by atoms with Crippen LogP contribution in [0.25, 0.3) is 0 Å². The summed E-state index contributed by atoms with van der Waals surface area (Å²) in [6.45, 7) is 3.76. The maximum atomic E-state index is 11.8. The summed E-state index contributed by atoms with van der Waals surface area (Å²) in [7, 11) is 0. The highest BCUT2D eigenvalue weighted by atomic mass is 16.6. The van der Waals surface area contributed by atoms with Gasteiger partial charge in [-0.25, -0.2) is 9.59 Å². The molecule has 120 valence electrons. The predicted octanol–water partition coefficient (Wildman–Crippen LogP) is 3.16. The molecule has 0 aliphatic carbocycles. The van der Waals surface area contributed by atoms with Crippen molar-refractivity contribution in [3.05, 3.63) is 59.7 Å². The average Bonchev–Trinajstić information content (AvgIpc) is 2.55. The Bertz CT molecular complexity index is 676. The largest absolute Gasteiger partial charge is 0.482 e. The number of hydrogen-bond donors (Lipinski definition) is 0. The van der Waals surface area contributed by atoms with Gasteiger partial charge in [0.15, 0.2) is 6.61 Å². The standard InChI is InChI=1S/C18H18O5/c1-3-21-18(20)14-5-4-6-16(11-14)23-17(19)12-22-15-9-7-13(2)8-10-15/h4-11H,3,12H2,1-2H3. The Morgan fingerprint density at radius 3 is 2.43 bits per heavy atom. The van der Waals surface area contributed by atoms with Crippen LogP contribution < -0.4 is 9.47 Å². The van der Waals surface area contributed by atoms with Gasteiger partial charge in [0.25, 0.3) is 0 Å². The molecule has 5 nitrogen and oxygen atoms in total. The van der Waals surface area contributed by atoms with Crippen molar-refractivity contribution in [3.8, 4) is 11.5 Å². The molecule has 0 aliphatic rings. The van der Waals surface area contributed by atoms with Crippen molar-refractivity contribution in [1.82, 2.24) is 0 Å². The van der Waals surface area contributed by atoms with E-state index in [4.69, 9.17) is 14.2 Å². The summed E-state index contributed by atoms with van der Waals surface area (Å²) in [5.74, 6) is -0.145. The smallest absolute Gasteiger partial charge is 0.349 e. The van der Waals surface area contributed by atoms with Gasteiger partial charge in [0.2, 0.25) is 0 Å². The fourth-order valence-corrected chi connectivity index (χ4v) is 1.84. The van der Waals surface area contributed by atoms with E-state index >= 15 is 0 Å². The zero-order valence-electron chi connectivity index (χ0n) is 13.1. The topological polar surface area (TPSA) is 61.8 Å². The van der Waals surface area contributed by atoms with Gasteiger partial charge < -0.3 is 14.2 Å². The van der Waals surface area contributed by atoms with Crippen LogP contribution in [-0.2, 0) is 9.53 Å². The van der Waals surface area contributed by atoms with E-state index in [1.165, 1.54) is 6.07 Å². The van der Waals surface area contributed by atoms with Crippen LogP contribution in [0, 0.1) is 6.92 Å². The Kier molecular flexibility index (Phi) is 5.74. The minimum atomic E-state index is -0.549. The fraction of sp³-hybridized carbons (Fsp3) is 0.222. The molecule has 0 saturated heterocycles. The van der Waals surface area contributed by atoms with Gasteiger partial charge in [0.05, 0.1) is 12.2 Å². The van der Waals surface area contributed by atoms with Crippen molar-refractivity contribution in [3.63, 3.8) is 0 Å². The molecule has 2 aromatic carbocycles. The molecule has 0 saturated carbocycles. The van der Waals surface area contributed by atoms with E-state index < -0.39 is 11.9 Å². The van der Waals surface area contributed by atoms with Gasteiger partial charge >= 0.3 is 11.9 Å². The lowest BCUT2D eigenvalue weighted by Crippen LogP contribution is -2.18. The summed E-state index contributed by atoms with van der Waals surface area (Å²) >= 11 is 0. The predicted molar refractivity (Wildman–Crippen MR) is 84.7 cm³/mol. The summed E-state index contributed by atoms with van der Waals surface area (Å²) in [6, 6.07) is 13.6. The van der Waals surface area contributed by atoms with Gasteiger partial charge in [-0.3, -0.25) is 0 Å². The Hall–Kier alpha value is -2.82. The Labute approximate surface area is 134 Å². The zero-order chi connectivity index (χ0) is 16.7. The van der Waals surface area contributed by atoms with Crippen LogP contribution in [0.4, 0.5) is 0 Å². The van der Waals surface area contributed by atoms with E-state index in [0.717, 1.165) is 5.56 Å². The Morgan fingerprint density at radius 2 is 1.74 bits per heavy atom. The number of aryl methyl sites for hydroxylation is 1. The molecule has 0 aromatic heterocycles. The van der Waals surface area contributed by atoms with Crippen molar-refractivity contribution in [1.29, 1.82) is 0 Å². The Balaban J connectivity index is 1.91. The summed E-state index contributed by atoms with van der Waals surface area (Å²) in [5.41, 5.74) is 1.44. The maximum absolute atomic E-state index is 11.8. The van der Waals surface area contributed by atoms with E-state index in [0.29, 0.717) is 11.3 Å². The van der Waals surface area contributed by atoms with Crippen LogP contribution in [0.1, 0.15) is 22.8 Å². The first-order chi connectivity index (χ1) is 11.1. The van der Waals surface area contributed by atoms with Crippen molar-refractivity contribution >= 4 is 11.9 Å². The van der Waals surface area contributed by atoms with Crippen LogP contribution in [-0.4, -0.2) is 25.2 Å². The number of ether oxygens (including phenoxy) is 3. The number of rotatable bonds is 6. The van der Waals surface area contributed by atoms with E-state index in [9.17, 15) is 9.59 Å². The van der Waals surface area contributed by atoms with Gasteiger partial charge in [-0.1, -0.05) is 23.8 Å². The SMILES string of the molecule is CCOC(=O)c1cccc(OC(=O)COc2ccc(C)cc2)c1. The third-order valence-electron chi connectivity index (χ3n) is 2.95. The molecule has 2 rings (SSSR count). The van der Waals surface area contributed by atoms with E-state index in [2.05, 4.69) is 0 Å². The normalized spacial score (nSPS) is 10.0. The van der Waals surface area contributed by atoms with Gasteiger partial charge in [-0.2, -0.15) is 0 Å². The van der Waals surface area contributed by atoms with Crippen LogP contribution in [0.3, 0.4) is 0 Å². The monoisotopic (exact) mass is 314 g/mol. The molecule has 5 heteroatoms. The second kappa shape index (κ2) is 7.98. The first kappa shape index (κ1) is 16.5. The van der Waals surface area contributed by atoms with E-state index in [1.54, 1.807) is 37.3 Å². The van der Waals surface area contributed by atoms with Gasteiger partial charge in [-0.05, 0) is 44.2 Å². The Morgan fingerprint density at radius 1 is 1.00 bits per heavy atom. The van der Waals surface area contributed by atoms with Crippen molar-refractivity contribution in [2.45, 2.75) is 13.8 Å². The highest BCUT2D eigenvalue weighted by Gasteiger charge is 2.10. The lowest BCUT2D eigenvalue weighted by atomic mass is 10.2. The fourth-order valence-electron chi connectivity index (χ4n) is 1.84. The minimum absolute atomic E-state index is 0.216. The quantitative estimate of drug-likeness (QED) is 0.605. The van der Waals surface area contributed by atoms with Crippen molar-refractivity contribution in [2.24, 2.45) is 0 Å². The molecule has 0 spiro atoms. The molecule has 0 radical (unpaired) electrons. The molecular weight excluding hydrogens is 296 g/mol. The van der Waals surface area contributed by atoms with Crippen molar-refractivity contribution < 1.29 is 23.8 Å². The summed E-state index contributed by atoms with van der Waals surface area (Å²) in [4.78, 5) is 23.4. The average molecular weight is 314 g/mol. The summed E-state index contributed by atoms with van der Waals surface area (Å²) < 4.78 is 15.4. The van der Waals surface area contributed by atoms with Gasteiger partial charge in [0.1, 0.15) is 11.5 Å². The molecule has 2 aromatic rings. The summed E-state index contributed by atoms with van der Waals surface area (Å²) in [6.07, 6.45) is 0. The molecule has 0 unspecified atom stereocenters. The number of esters is 2. The lowest BCUT2D eigenvalue weighted by Gasteiger charge is -2.08. The highest BCUT2D eigenvalue weighted by Crippen LogP contribution is 2.15. The molecule has 0 heterocycles. The van der Waals surface area contributed by atoms with Crippen LogP contribution >= 0.6 is 0 Å². The molecule has 0 amide bonds. The van der Waals surface area contributed by atoms with Gasteiger partial charge in [0, 0.05) is 0 Å². The molecule has 0 N–H and O–H groups in total. The van der Waals surface area contributed by atoms with E-state index in [1.807, 2.05) is 19.1 Å². The summed E-state index contributed by atoms with van der Waals surface area (Å²) in [5, 5.41) is 0. The third kappa shape index (κ3) is 5.14. The zero-order valence-corrected chi connectivity index (χ0v) is 13.1. The molecule has 0 bridgehead atoms. The van der Waals surface area contributed by atoms with Crippen LogP contribution in [0.15, 0.2) is 48.5 Å². The number of benzene rings is 2. The number of hydrogen-bond acceptors (Lipinski definition) is 5. The van der Waals surface area contributed by atoms with Crippen molar-refractivity contribution in [2.75, 3.05) is 13.2 Å². The second-order valence-electron chi connectivity index (χ2n) is 4.82. The first-order valence-electron chi connectivity index (χ1n) is 7.26. The molecule has 23 heavy (non-hydrogen) atoms. The van der Waals surface area contributed by atoms with Crippen LogP contribution in [0.2, 0.25) is 0 Å². The molecule has 0 fully saturated rings. The maximum Gasteiger partial charge on any atom is 0.349 e. The number of carbonyl (C=O) groups is 2. The lowest BCUT2D eigenvalue weighted by molar-refractivity contribution is -0.136. The van der Waals surface area contributed by atoms with Crippen LogP contribution in [0.5, 0.6) is 11.5 Å².